The van der Waals surface area contributed by atoms with Crippen molar-refractivity contribution in [3.05, 3.63) is 59.4 Å². The van der Waals surface area contributed by atoms with Gasteiger partial charge in [-0.25, -0.2) is 0 Å². The number of ether oxygens (including phenoxy) is 2. The van der Waals surface area contributed by atoms with Crippen molar-refractivity contribution in [1.29, 1.82) is 0 Å². The van der Waals surface area contributed by atoms with E-state index in [0.29, 0.717) is 30.0 Å². The summed E-state index contributed by atoms with van der Waals surface area (Å²) in [5.74, 6) is 0.372. The Kier molecular flexibility index (Phi) is 7.55. The number of carbonyl (C=O) groups is 1. The molecule has 182 valence electrons. The third-order valence-corrected chi connectivity index (χ3v) is 5.39. The van der Waals surface area contributed by atoms with E-state index in [9.17, 15) is 13.6 Å². The van der Waals surface area contributed by atoms with Crippen molar-refractivity contribution in [2.75, 3.05) is 6.61 Å². The Labute approximate surface area is 205 Å². The Bertz CT molecular complexity index is 1340. The van der Waals surface area contributed by atoms with Crippen LogP contribution in [0.1, 0.15) is 26.0 Å². The van der Waals surface area contributed by atoms with E-state index in [1.807, 2.05) is 38.1 Å². The molecule has 0 atom stereocenters. The second kappa shape index (κ2) is 10.8. The number of fused-ring (bicyclic) bond motifs is 1. The monoisotopic (exact) mass is 501 g/mol. The molecule has 0 fully saturated rings. The van der Waals surface area contributed by atoms with Crippen molar-refractivity contribution in [1.82, 2.24) is 15.1 Å². The maximum Gasteiger partial charge on any atom is 0.387 e. The number of halogens is 3. The minimum Gasteiger partial charge on any atom is -0.465 e. The number of alkyl halides is 2. The average Bonchev–Trinajstić information content (AvgIpc) is 3.32. The van der Waals surface area contributed by atoms with Crippen LogP contribution in [0.3, 0.4) is 0 Å². The number of benzene rings is 2. The number of rotatable bonds is 9. The van der Waals surface area contributed by atoms with Crippen LogP contribution in [0.4, 0.5) is 8.78 Å². The fraction of sp³-hybridized carbons (Fsp3) is 0.280. The number of hydrogen-bond acceptors (Lipinski definition) is 7. The van der Waals surface area contributed by atoms with Gasteiger partial charge < -0.3 is 14.0 Å². The standard InChI is InChI=1S/C25H22ClF2N3O4/c1-14(2)13-33-22(32)9-7-20-17-4-3-5-18(16(17)10-11-29-20)23-30-24(35-31-23)15-6-8-21(19(26)12-15)34-25(27)28/h3-6,8,10-12,14,25H,7,9,13H2,1-2H3. The quantitative estimate of drug-likeness (QED) is 0.247. The molecule has 0 N–H and O–H groups in total. The average molecular weight is 502 g/mol. The lowest BCUT2D eigenvalue weighted by Crippen LogP contribution is -2.11. The molecule has 7 nitrogen and oxygen atoms in total. The van der Waals surface area contributed by atoms with E-state index >= 15 is 0 Å². The van der Waals surface area contributed by atoms with Gasteiger partial charge >= 0.3 is 12.6 Å². The summed E-state index contributed by atoms with van der Waals surface area (Å²) in [6.45, 7) is 1.37. The minimum absolute atomic E-state index is 0.00431. The summed E-state index contributed by atoms with van der Waals surface area (Å²) >= 11 is 6.04. The first-order valence-corrected chi connectivity index (χ1v) is 11.3. The number of hydrogen-bond donors (Lipinski definition) is 0. The molecule has 4 aromatic rings. The summed E-state index contributed by atoms with van der Waals surface area (Å²) < 4.78 is 40.0. The Morgan fingerprint density at radius 3 is 2.71 bits per heavy atom. The highest BCUT2D eigenvalue weighted by molar-refractivity contribution is 6.32. The molecule has 35 heavy (non-hydrogen) atoms. The van der Waals surface area contributed by atoms with Crippen molar-refractivity contribution < 1.29 is 27.6 Å². The highest BCUT2D eigenvalue weighted by atomic mass is 35.5. The van der Waals surface area contributed by atoms with Crippen molar-refractivity contribution in [2.45, 2.75) is 33.3 Å². The number of carbonyl (C=O) groups excluding carboxylic acids is 1. The zero-order chi connectivity index (χ0) is 24.9. The van der Waals surface area contributed by atoms with Gasteiger partial charge in [-0.05, 0) is 35.6 Å². The fourth-order valence-corrected chi connectivity index (χ4v) is 3.71. The fourth-order valence-electron chi connectivity index (χ4n) is 3.49. The molecule has 0 radical (unpaired) electrons. The summed E-state index contributed by atoms with van der Waals surface area (Å²) in [7, 11) is 0. The van der Waals surface area contributed by atoms with Crippen LogP contribution < -0.4 is 4.74 Å². The zero-order valence-electron chi connectivity index (χ0n) is 19.0. The van der Waals surface area contributed by atoms with E-state index in [4.69, 9.17) is 20.9 Å². The number of esters is 1. The predicted octanol–water partition coefficient (Wildman–Crippen LogP) is 6.34. The molecular formula is C25H22ClF2N3O4. The van der Waals surface area contributed by atoms with Gasteiger partial charge in [0, 0.05) is 34.8 Å². The molecule has 4 rings (SSSR count). The van der Waals surface area contributed by atoms with Gasteiger partial charge in [-0.3, -0.25) is 9.78 Å². The molecule has 2 heterocycles. The normalized spacial score (nSPS) is 11.4. The third-order valence-electron chi connectivity index (χ3n) is 5.09. The summed E-state index contributed by atoms with van der Waals surface area (Å²) in [5.41, 5.74) is 1.93. The summed E-state index contributed by atoms with van der Waals surface area (Å²) in [4.78, 5) is 20.9. The SMILES string of the molecule is CC(C)COC(=O)CCc1nccc2c(-c3noc(-c4ccc(OC(F)F)c(Cl)c4)n3)cccc12. The highest BCUT2D eigenvalue weighted by Gasteiger charge is 2.17. The Balaban J connectivity index is 1.58. The smallest absolute Gasteiger partial charge is 0.387 e. The molecular weight excluding hydrogens is 480 g/mol. The topological polar surface area (TPSA) is 87.3 Å². The summed E-state index contributed by atoms with van der Waals surface area (Å²) in [6.07, 6.45) is 2.32. The van der Waals surface area contributed by atoms with Gasteiger partial charge in [0.25, 0.3) is 5.89 Å². The van der Waals surface area contributed by atoms with Crippen LogP contribution in [0.15, 0.2) is 53.2 Å². The number of pyridine rings is 1. The number of nitrogens with zero attached hydrogens (tertiary/aromatic N) is 3. The first-order valence-electron chi connectivity index (χ1n) is 10.9. The van der Waals surface area contributed by atoms with E-state index in [-0.39, 0.29) is 35.0 Å². The first-order chi connectivity index (χ1) is 16.8. The first kappa shape index (κ1) is 24.5. The Hall–Kier alpha value is -3.59. The van der Waals surface area contributed by atoms with Crippen LogP contribution >= 0.6 is 11.6 Å². The van der Waals surface area contributed by atoms with Crippen LogP contribution in [0.25, 0.3) is 33.6 Å². The van der Waals surface area contributed by atoms with Crippen molar-refractivity contribution >= 4 is 28.3 Å². The Morgan fingerprint density at radius 2 is 1.97 bits per heavy atom. The van der Waals surface area contributed by atoms with Crippen LogP contribution in [0.2, 0.25) is 5.02 Å². The molecule has 10 heteroatoms. The van der Waals surface area contributed by atoms with E-state index < -0.39 is 6.61 Å². The molecule has 0 unspecified atom stereocenters. The lowest BCUT2D eigenvalue weighted by molar-refractivity contribution is -0.144. The molecule has 0 bridgehead atoms. The van der Waals surface area contributed by atoms with Crippen molar-refractivity contribution in [3.8, 4) is 28.6 Å². The van der Waals surface area contributed by atoms with E-state index in [1.54, 1.807) is 6.20 Å². The van der Waals surface area contributed by atoms with Gasteiger partial charge in [-0.1, -0.05) is 48.8 Å². The van der Waals surface area contributed by atoms with Gasteiger partial charge in [0.2, 0.25) is 5.82 Å². The molecule has 2 aromatic heterocycles. The van der Waals surface area contributed by atoms with Gasteiger partial charge in [0.05, 0.1) is 18.1 Å². The van der Waals surface area contributed by atoms with Crippen LogP contribution in [-0.2, 0) is 16.0 Å². The van der Waals surface area contributed by atoms with Gasteiger partial charge in [0.1, 0.15) is 5.75 Å². The number of aryl methyl sites for hydroxylation is 1. The second-order valence-corrected chi connectivity index (χ2v) is 8.59. The lowest BCUT2D eigenvalue weighted by Gasteiger charge is -2.09. The maximum absolute atomic E-state index is 12.5. The Morgan fingerprint density at radius 1 is 1.14 bits per heavy atom. The second-order valence-electron chi connectivity index (χ2n) is 8.18. The maximum atomic E-state index is 12.5. The molecule has 0 saturated heterocycles. The van der Waals surface area contributed by atoms with E-state index in [1.165, 1.54) is 18.2 Å². The summed E-state index contributed by atoms with van der Waals surface area (Å²) in [6, 6.07) is 11.7. The zero-order valence-corrected chi connectivity index (χ0v) is 19.8. The van der Waals surface area contributed by atoms with Gasteiger partial charge in [0.15, 0.2) is 0 Å². The molecule has 0 amide bonds. The van der Waals surface area contributed by atoms with Gasteiger partial charge in [-0.2, -0.15) is 13.8 Å². The molecule has 0 aliphatic rings. The largest absolute Gasteiger partial charge is 0.465 e. The van der Waals surface area contributed by atoms with Crippen LogP contribution in [0.5, 0.6) is 5.75 Å². The van der Waals surface area contributed by atoms with E-state index in [2.05, 4.69) is 19.9 Å². The molecule has 0 aliphatic heterocycles. The van der Waals surface area contributed by atoms with Crippen LogP contribution in [-0.4, -0.2) is 34.3 Å². The predicted molar refractivity (Wildman–Crippen MR) is 126 cm³/mol. The van der Waals surface area contributed by atoms with Gasteiger partial charge in [-0.15, -0.1) is 0 Å². The minimum atomic E-state index is -2.98. The molecule has 0 spiro atoms. The van der Waals surface area contributed by atoms with E-state index in [0.717, 1.165) is 16.5 Å². The van der Waals surface area contributed by atoms with Crippen molar-refractivity contribution in [3.63, 3.8) is 0 Å². The lowest BCUT2D eigenvalue weighted by atomic mass is 10.0. The highest BCUT2D eigenvalue weighted by Crippen LogP contribution is 2.33. The molecule has 0 aliphatic carbocycles. The van der Waals surface area contributed by atoms with Crippen LogP contribution in [0, 0.1) is 5.92 Å². The number of aromatic nitrogens is 3. The third kappa shape index (κ3) is 5.92. The molecule has 2 aromatic carbocycles. The summed E-state index contributed by atoms with van der Waals surface area (Å²) in [5, 5.41) is 5.79. The molecule has 0 saturated carbocycles. The van der Waals surface area contributed by atoms with Crippen molar-refractivity contribution in [2.24, 2.45) is 5.92 Å².